The molecule has 6 nitrogen and oxygen atoms in total. The third-order valence-electron chi connectivity index (χ3n) is 4.00. The number of amides is 1. The van der Waals surface area contributed by atoms with Gasteiger partial charge in [0, 0.05) is 18.2 Å². The molecule has 1 amide bonds. The molecule has 1 aromatic carbocycles. The Morgan fingerprint density at radius 1 is 1.48 bits per heavy atom. The molecule has 23 heavy (non-hydrogen) atoms. The van der Waals surface area contributed by atoms with E-state index in [2.05, 4.69) is 4.72 Å². The van der Waals surface area contributed by atoms with E-state index in [9.17, 15) is 17.6 Å². The van der Waals surface area contributed by atoms with Gasteiger partial charge in [-0.1, -0.05) is 0 Å². The van der Waals surface area contributed by atoms with Crippen molar-refractivity contribution >= 4 is 15.9 Å². The summed E-state index contributed by atoms with van der Waals surface area (Å²) in [6.45, 7) is 0.514. The van der Waals surface area contributed by atoms with E-state index in [-0.39, 0.29) is 24.1 Å². The molecule has 0 spiro atoms. The third-order valence-corrected chi connectivity index (χ3v) is 5.45. The van der Waals surface area contributed by atoms with Crippen LogP contribution in [0, 0.1) is 5.82 Å². The first kappa shape index (κ1) is 17.7. The monoisotopic (exact) mass is 344 g/mol. The molecule has 0 bridgehead atoms. The van der Waals surface area contributed by atoms with Crippen LogP contribution in [0.3, 0.4) is 0 Å². The Hall–Kier alpha value is -1.67. The van der Waals surface area contributed by atoms with E-state index in [1.165, 1.54) is 32.4 Å². The summed E-state index contributed by atoms with van der Waals surface area (Å²) in [5.41, 5.74) is 0.458. The first-order valence-corrected chi connectivity index (χ1v) is 9.04. The van der Waals surface area contributed by atoms with Gasteiger partial charge in [0.25, 0.3) is 0 Å². The van der Waals surface area contributed by atoms with Gasteiger partial charge >= 0.3 is 0 Å². The van der Waals surface area contributed by atoms with E-state index in [4.69, 9.17) is 4.74 Å². The van der Waals surface area contributed by atoms with E-state index in [1.54, 1.807) is 4.90 Å². The molecule has 1 fully saturated rings. The van der Waals surface area contributed by atoms with Crippen molar-refractivity contribution in [2.24, 2.45) is 0 Å². The van der Waals surface area contributed by atoms with Gasteiger partial charge in [-0.3, -0.25) is 4.79 Å². The zero-order valence-electron chi connectivity index (χ0n) is 13.2. The molecule has 1 saturated heterocycles. The molecule has 0 aromatic heterocycles. The molecule has 8 heteroatoms. The van der Waals surface area contributed by atoms with Gasteiger partial charge < -0.3 is 9.64 Å². The lowest BCUT2D eigenvalue weighted by Crippen LogP contribution is -2.42. The van der Waals surface area contributed by atoms with Crippen molar-refractivity contribution < 1.29 is 22.3 Å². The number of carbonyl (C=O) groups excluding carboxylic acids is 1. The second kappa shape index (κ2) is 7.27. The van der Waals surface area contributed by atoms with Crippen LogP contribution in [0.25, 0.3) is 0 Å². The molecule has 1 heterocycles. The second-order valence-corrected chi connectivity index (χ2v) is 7.47. The maximum Gasteiger partial charge on any atom is 0.227 e. The Balaban J connectivity index is 2.12. The number of ether oxygens (including phenoxy) is 1. The lowest BCUT2D eigenvalue weighted by atomic mass is 10.1. The summed E-state index contributed by atoms with van der Waals surface area (Å²) in [7, 11) is -0.577. The summed E-state index contributed by atoms with van der Waals surface area (Å²) >= 11 is 0. The average Bonchev–Trinajstić information content (AvgIpc) is 2.95. The van der Waals surface area contributed by atoms with Gasteiger partial charge in [0.15, 0.2) is 0 Å². The molecule has 1 aliphatic heterocycles. The van der Waals surface area contributed by atoms with Crippen LogP contribution in [-0.2, 0) is 21.2 Å². The highest BCUT2D eigenvalue weighted by molar-refractivity contribution is 7.89. The van der Waals surface area contributed by atoms with Crippen molar-refractivity contribution in [3.05, 3.63) is 29.6 Å². The Labute approximate surface area is 135 Å². The van der Waals surface area contributed by atoms with E-state index in [0.717, 1.165) is 6.42 Å². The van der Waals surface area contributed by atoms with E-state index < -0.39 is 15.8 Å². The zero-order chi connectivity index (χ0) is 17.0. The highest BCUT2D eigenvalue weighted by atomic mass is 32.2. The second-order valence-electron chi connectivity index (χ2n) is 5.50. The van der Waals surface area contributed by atoms with Gasteiger partial charge in [0.1, 0.15) is 11.6 Å². The maximum atomic E-state index is 13.4. The standard InChI is InChI=1S/C15H21FN2O4S/c1-17-23(20,21)10-13-4-3-7-18(13)15(19)9-11-8-12(16)5-6-14(11)22-2/h5-6,8,13,17H,3-4,7,9-10H2,1-2H3. The molecule has 1 aromatic rings. The minimum atomic E-state index is -3.39. The quantitative estimate of drug-likeness (QED) is 0.833. The van der Waals surface area contributed by atoms with Crippen molar-refractivity contribution in [3.8, 4) is 5.75 Å². The number of nitrogens with zero attached hydrogens (tertiary/aromatic N) is 1. The van der Waals surface area contributed by atoms with Crippen LogP contribution in [0.2, 0.25) is 0 Å². The normalized spacial score (nSPS) is 18.2. The fourth-order valence-electron chi connectivity index (χ4n) is 2.82. The Morgan fingerprint density at radius 3 is 2.87 bits per heavy atom. The van der Waals surface area contributed by atoms with Crippen molar-refractivity contribution in [2.75, 3.05) is 26.5 Å². The molecule has 2 rings (SSSR count). The van der Waals surface area contributed by atoms with Gasteiger partial charge in [-0.15, -0.1) is 0 Å². The lowest BCUT2D eigenvalue weighted by molar-refractivity contribution is -0.130. The Kier molecular flexibility index (Phi) is 5.59. The summed E-state index contributed by atoms with van der Waals surface area (Å²) in [4.78, 5) is 14.1. The van der Waals surface area contributed by atoms with Crippen LogP contribution in [0.1, 0.15) is 18.4 Å². The number of likely N-dealkylation sites (tertiary alicyclic amines) is 1. The Morgan fingerprint density at radius 2 is 2.22 bits per heavy atom. The maximum absolute atomic E-state index is 13.4. The minimum Gasteiger partial charge on any atom is -0.496 e. The van der Waals surface area contributed by atoms with Crippen molar-refractivity contribution in [3.63, 3.8) is 0 Å². The number of benzene rings is 1. The largest absolute Gasteiger partial charge is 0.496 e. The van der Waals surface area contributed by atoms with Crippen molar-refractivity contribution in [1.29, 1.82) is 0 Å². The number of methoxy groups -OCH3 is 1. The number of hydrogen-bond acceptors (Lipinski definition) is 4. The molecule has 1 unspecified atom stereocenters. The summed E-state index contributed by atoms with van der Waals surface area (Å²) in [6.07, 6.45) is 1.39. The predicted octanol–water partition coefficient (Wildman–Crippen LogP) is 0.917. The van der Waals surface area contributed by atoms with Crippen LogP contribution in [0.4, 0.5) is 4.39 Å². The van der Waals surface area contributed by atoms with Crippen LogP contribution in [-0.4, -0.2) is 51.7 Å². The molecular weight excluding hydrogens is 323 g/mol. The lowest BCUT2D eigenvalue weighted by Gasteiger charge is -2.25. The number of nitrogens with one attached hydrogen (secondary N) is 1. The zero-order valence-corrected chi connectivity index (χ0v) is 14.0. The molecule has 128 valence electrons. The third kappa shape index (κ3) is 4.42. The predicted molar refractivity (Wildman–Crippen MR) is 84.2 cm³/mol. The number of halogens is 1. The molecule has 0 aliphatic carbocycles. The van der Waals surface area contributed by atoms with E-state index in [1.807, 2.05) is 0 Å². The molecular formula is C15H21FN2O4S. The first-order valence-electron chi connectivity index (χ1n) is 7.39. The van der Waals surface area contributed by atoms with Gasteiger partial charge in [-0.05, 0) is 38.1 Å². The molecule has 0 saturated carbocycles. The molecule has 1 aliphatic rings. The number of sulfonamides is 1. The summed E-state index contributed by atoms with van der Waals surface area (Å²) < 4.78 is 44.2. The molecule has 1 atom stereocenters. The van der Waals surface area contributed by atoms with Crippen LogP contribution in [0.15, 0.2) is 18.2 Å². The van der Waals surface area contributed by atoms with E-state index in [0.29, 0.717) is 24.3 Å². The fourth-order valence-corrected chi connectivity index (χ4v) is 3.84. The van der Waals surface area contributed by atoms with Gasteiger partial charge in [0.05, 0.1) is 19.3 Å². The summed E-state index contributed by atoms with van der Waals surface area (Å²) in [5, 5.41) is 0. The van der Waals surface area contributed by atoms with Gasteiger partial charge in [-0.25, -0.2) is 17.5 Å². The number of hydrogen-bond donors (Lipinski definition) is 1. The smallest absolute Gasteiger partial charge is 0.227 e. The molecule has 0 radical (unpaired) electrons. The Bertz CT molecular complexity index is 678. The summed E-state index contributed by atoms with van der Waals surface area (Å²) in [5.74, 6) is -0.333. The highest BCUT2D eigenvalue weighted by Crippen LogP contribution is 2.24. The van der Waals surface area contributed by atoms with Crippen LogP contribution < -0.4 is 9.46 Å². The topological polar surface area (TPSA) is 75.7 Å². The molecule has 1 N–H and O–H groups in total. The van der Waals surface area contributed by atoms with Gasteiger partial charge in [0.2, 0.25) is 15.9 Å². The highest BCUT2D eigenvalue weighted by Gasteiger charge is 2.32. The van der Waals surface area contributed by atoms with E-state index >= 15 is 0 Å². The van der Waals surface area contributed by atoms with Crippen LogP contribution >= 0.6 is 0 Å². The minimum absolute atomic E-state index is 0.0168. The van der Waals surface area contributed by atoms with Crippen LogP contribution in [0.5, 0.6) is 5.75 Å². The SMILES string of the molecule is CNS(=O)(=O)CC1CCCN1C(=O)Cc1cc(F)ccc1OC. The number of carbonyl (C=O) groups is 1. The number of rotatable bonds is 6. The first-order chi connectivity index (χ1) is 10.9. The average molecular weight is 344 g/mol. The summed E-state index contributed by atoms with van der Waals surface area (Å²) in [6, 6.07) is 3.67. The fraction of sp³-hybridized carbons (Fsp3) is 0.533. The van der Waals surface area contributed by atoms with Crippen molar-refractivity contribution in [2.45, 2.75) is 25.3 Å². The van der Waals surface area contributed by atoms with Crippen molar-refractivity contribution in [1.82, 2.24) is 9.62 Å². The van der Waals surface area contributed by atoms with Gasteiger partial charge in [-0.2, -0.15) is 0 Å².